The monoisotopic (exact) mass is 486 g/mol. The number of aryl methyl sites for hydroxylation is 2. The van der Waals surface area contributed by atoms with E-state index in [1.54, 1.807) is 17.6 Å². The van der Waals surface area contributed by atoms with Gasteiger partial charge >= 0.3 is 11.6 Å². The molecule has 0 radical (unpaired) electrons. The van der Waals surface area contributed by atoms with Crippen LogP contribution in [-0.2, 0) is 16.1 Å². The van der Waals surface area contributed by atoms with Crippen LogP contribution in [0.1, 0.15) is 28.4 Å². The third-order valence-electron chi connectivity index (χ3n) is 5.96. The molecular formula is C27H22N2O5S. The summed E-state index contributed by atoms with van der Waals surface area (Å²) in [5.74, 6) is -1.16. The Hall–Kier alpha value is -4.04. The number of hydrogen-bond acceptors (Lipinski definition) is 6. The van der Waals surface area contributed by atoms with E-state index in [1.165, 1.54) is 17.4 Å². The maximum Gasteiger partial charge on any atom is 0.349 e. The van der Waals surface area contributed by atoms with Gasteiger partial charge in [0.2, 0.25) is 0 Å². The first-order valence-corrected chi connectivity index (χ1v) is 12.0. The average molecular weight is 487 g/mol. The third kappa shape index (κ3) is 4.17. The van der Waals surface area contributed by atoms with Gasteiger partial charge in [0.1, 0.15) is 17.7 Å². The maximum absolute atomic E-state index is 13.2. The van der Waals surface area contributed by atoms with Crippen molar-refractivity contribution in [2.24, 2.45) is 4.99 Å². The second-order valence-corrected chi connectivity index (χ2v) is 9.25. The van der Waals surface area contributed by atoms with Crippen LogP contribution >= 0.6 is 11.3 Å². The van der Waals surface area contributed by atoms with Crippen LogP contribution in [0.15, 0.2) is 68.8 Å². The van der Waals surface area contributed by atoms with Crippen LogP contribution in [0.4, 0.5) is 0 Å². The Labute approximate surface area is 203 Å². The summed E-state index contributed by atoms with van der Waals surface area (Å²) in [5, 5.41) is 2.49. The van der Waals surface area contributed by atoms with E-state index in [0.717, 1.165) is 32.1 Å². The molecule has 0 saturated heterocycles. The van der Waals surface area contributed by atoms with E-state index in [-0.39, 0.29) is 18.7 Å². The first-order chi connectivity index (χ1) is 16.9. The van der Waals surface area contributed by atoms with Gasteiger partial charge in [-0.25, -0.2) is 4.79 Å². The number of carbonyl (C=O) groups excluding carboxylic acids is 2. The van der Waals surface area contributed by atoms with Crippen molar-refractivity contribution in [1.29, 1.82) is 0 Å². The van der Waals surface area contributed by atoms with E-state index >= 15 is 0 Å². The Morgan fingerprint density at radius 3 is 2.60 bits per heavy atom. The van der Waals surface area contributed by atoms with E-state index in [4.69, 9.17) is 9.15 Å². The van der Waals surface area contributed by atoms with Gasteiger partial charge in [-0.1, -0.05) is 41.7 Å². The Kier molecular flexibility index (Phi) is 5.82. The van der Waals surface area contributed by atoms with Crippen molar-refractivity contribution in [3.8, 4) is 0 Å². The summed E-state index contributed by atoms with van der Waals surface area (Å²) in [5.41, 5.74) is 2.38. The molecule has 2 heterocycles. The minimum Gasteiger partial charge on any atom is -0.465 e. The van der Waals surface area contributed by atoms with Crippen LogP contribution < -0.4 is 10.4 Å². The van der Waals surface area contributed by atoms with Crippen LogP contribution in [0.3, 0.4) is 0 Å². The molecule has 0 fully saturated rings. The van der Waals surface area contributed by atoms with Gasteiger partial charge in [0, 0.05) is 5.39 Å². The molecule has 2 aromatic heterocycles. The number of rotatable bonds is 4. The molecule has 5 aromatic rings. The van der Waals surface area contributed by atoms with Gasteiger partial charge in [-0.3, -0.25) is 9.59 Å². The van der Waals surface area contributed by atoms with Gasteiger partial charge in [0.05, 0.1) is 16.8 Å². The topological polar surface area (TPSA) is 90.9 Å². The van der Waals surface area contributed by atoms with Crippen molar-refractivity contribution in [3.05, 3.63) is 86.5 Å². The molecule has 0 unspecified atom stereocenters. The molecule has 0 aliphatic rings. The summed E-state index contributed by atoms with van der Waals surface area (Å²) in [6.45, 7) is 5.86. The summed E-state index contributed by atoms with van der Waals surface area (Å²) < 4.78 is 13.1. The number of thiazole rings is 1. The third-order valence-corrected chi connectivity index (χ3v) is 7.00. The molecule has 35 heavy (non-hydrogen) atoms. The SMILES string of the molecule is CCOC(=O)Cn1c(=NC(=O)c2cc3c(ccc4ccccc43)oc2=O)sc2cc(C)c(C)cc21. The standard InChI is InChI=1S/C27H22N2O5S/c1-4-33-24(30)14-29-21-11-15(2)16(3)12-23(21)35-27(29)28-25(31)20-13-19-18-8-6-5-7-17(18)9-10-22(19)34-26(20)32/h5-13H,4,14H2,1-3H3. The Bertz CT molecular complexity index is 1770. The van der Waals surface area contributed by atoms with Gasteiger partial charge in [0.25, 0.3) is 5.91 Å². The second-order valence-electron chi connectivity index (χ2n) is 8.24. The van der Waals surface area contributed by atoms with Gasteiger partial charge < -0.3 is 13.7 Å². The van der Waals surface area contributed by atoms with Crippen molar-refractivity contribution in [1.82, 2.24) is 4.57 Å². The van der Waals surface area contributed by atoms with Crippen LogP contribution in [-0.4, -0.2) is 23.1 Å². The van der Waals surface area contributed by atoms with Crippen molar-refractivity contribution in [3.63, 3.8) is 0 Å². The lowest BCUT2D eigenvalue weighted by Crippen LogP contribution is -2.24. The smallest absolute Gasteiger partial charge is 0.349 e. The van der Waals surface area contributed by atoms with Crippen LogP contribution in [0.25, 0.3) is 32.0 Å². The molecule has 0 saturated carbocycles. The highest BCUT2D eigenvalue weighted by Crippen LogP contribution is 2.25. The van der Waals surface area contributed by atoms with Crippen LogP contribution in [0.2, 0.25) is 0 Å². The normalized spacial score (nSPS) is 12.0. The molecule has 7 nitrogen and oxygen atoms in total. The Morgan fingerprint density at radius 2 is 1.80 bits per heavy atom. The Balaban J connectivity index is 1.69. The fraction of sp³-hybridized carbons (Fsp3) is 0.185. The van der Waals surface area contributed by atoms with E-state index in [9.17, 15) is 14.4 Å². The zero-order chi connectivity index (χ0) is 24.7. The quantitative estimate of drug-likeness (QED) is 0.205. The molecule has 5 rings (SSSR count). The lowest BCUT2D eigenvalue weighted by atomic mass is 10.0. The van der Waals surface area contributed by atoms with Crippen molar-refractivity contribution in [2.75, 3.05) is 6.61 Å². The lowest BCUT2D eigenvalue weighted by molar-refractivity contribution is -0.143. The fourth-order valence-electron chi connectivity index (χ4n) is 4.06. The van der Waals surface area contributed by atoms with Gasteiger partial charge in [-0.2, -0.15) is 4.99 Å². The van der Waals surface area contributed by atoms with Crippen LogP contribution in [0.5, 0.6) is 0 Å². The number of hydrogen-bond donors (Lipinski definition) is 0. The number of fused-ring (bicyclic) bond motifs is 4. The van der Waals surface area contributed by atoms with E-state index in [1.807, 2.05) is 56.3 Å². The van der Waals surface area contributed by atoms with E-state index in [0.29, 0.717) is 15.8 Å². The summed E-state index contributed by atoms with van der Waals surface area (Å²) in [6, 6.07) is 16.7. The summed E-state index contributed by atoms with van der Waals surface area (Å²) in [4.78, 5) is 42.8. The van der Waals surface area contributed by atoms with Crippen molar-refractivity contribution >= 4 is 55.2 Å². The number of benzene rings is 3. The Morgan fingerprint density at radius 1 is 1.03 bits per heavy atom. The molecule has 1 amide bonds. The number of carbonyl (C=O) groups is 2. The molecule has 176 valence electrons. The molecule has 0 N–H and O–H groups in total. The number of aromatic nitrogens is 1. The molecule has 0 bridgehead atoms. The molecule has 0 spiro atoms. The minimum atomic E-state index is -0.758. The highest BCUT2D eigenvalue weighted by Gasteiger charge is 2.17. The fourth-order valence-corrected chi connectivity index (χ4v) is 5.17. The average Bonchev–Trinajstić information content (AvgIpc) is 3.14. The predicted molar refractivity (Wildman–Crippen MR) is 136 cm³/mol. The molecule has 0 aliphatic carbocycles. The van der Waals surface area contributed by atoms with E-state index < -0.39 is 17.5 Å². The highest BCUT2D eigenvalue weighted by molar-refractivity contribution is 7.16. The lowest BCUT2D eigenvalue weighted by Gasteiger charge is -2.07. The number of ether oxygens (including phenoxy) is 1. The predicted octanol–water partition coefficient (Wildman–Crippen LogP) is 4.88. The second kappa shape index (κ2) is 8.96. The maximum atomic E-state index is 13.2. The zero-order valence-corrected chi connectivity index (χ0v) is 20.3. The summed E-state index contributed by atoms with van der Waals surface area (Å²) in [7, 11) is 0. The largest absolute Gasteiger partial charge is 0.465 e. The molecule has 8 heteroatoms. The van der Waals surface area contributed by atoms with Crippen LogP contribution in [0, 0.1) is 13.8 Å². The number of nitrogens with zero attached hydrogens (tertiary/aromatic N) is 2. The zero-order valence-electron chi connectivity index (χ0n) is 19.5. The van der Waals surface area contributed by atoms with Gasteiger partial charge in [-0.05, 0) is 66.9 Å². The highest BCUT2D eigenvalue weighted by atomic mass is 32.1. The van der Waals surface area contributed by atoms with Crippen molar-refractivity contribution in [2.45, 2.75) is 27.3 Å². The molecule has 0 aliphatic heterocycles. The van der Waals surface area contributed by atoms with Gasteiger partial charge in [0.15, 0.2) is 4.80 Å². The van der Waals surface area contributed by atoms with Crippen molar-refractivity contribution < 1.29 is 18.7 Å². The van der Waals surface area contributed by atoms with Gasteiger partial charge in [-0.15, -0.1) is 0 Å². The number of esters is 1. The molecule has 3 aromatic carbocycles. The first-order valence-electron chi connectivity index (χ1n) is 11.2. The minimum absolute atomic E-state index is 0.0978. The first kappa shape index (κ1) is 22.7. The summed E-state index contributed by atoms with van der Waals surface area (Å²) >= 11 is 1.28. The summed E-state index contributed by atoms with van der Waals surface area (Å²) in [6.07, 6.45) is 0. The molecule has 0 atom stereocenters. The molecular weight excluding hydrogens is 464 g/mol. The number of amides is 1. The van der Waals surface area contributed by atoms with E-state index in [2.05, 4.69) is 4.99 Å².